The van der Waals surface area contributed by atoms with Gasteiger partial charge in [-0.25, -0.2) is 4.98 Å². The highest BCUT2D eigenvalue weighted by atomic mass is 79.9. The molecule has 3 rings (SSSR count). The molecule has 2 aliphatic rings. The number of amides is 1. The van der Waals surface area contributed by atoms with Crippen molar-refractivity contribution >= 4 is 27.7 Å². The molecule has 2 fully saturated rings. The topological polar surface area (TPSA) is 54.0 Å². The standard InChI is InChI=1S/C16H22BrN3O/c1-9-5-6-12(17)18-13(9)19-14(21)11-7-10-8-16(10,20-11)15(2,3)4/h5-6,10-11,20H,7-8H2,1-4H3,(H,18,19,21)/t10-,11+,16-/m1/s1. The quantitative estimate of drug-likeness (QED) is 0.804. The lowest BCUT2D eigenvalue weighted by atomic mass is 9.83. The fourth-order valence-electron chi connectivity index (χ4n) is 3.59. The van der Waals surface area contributed by atoms with Gasteiger partial charge < -0.3 is 5.32 Å². The maximum atomic E-state index is 12.5. The second kappa shape index (κ2) is 4.78. The molecule has 3 atom stereocenters. The van der Waals surface area contributed by atoms with Crippen molar-refractivity contribution in [3.8, 4) is 0 Å². The molecule has 0 aromatic carbocycles. The second-order valence-corrected chi connectivity index (χ2v) is 8.16. The Bertz CT molecular complexity index is 596. The van der Waals surface area contributed by atoms with Gasteiger partial charge in [-0.3, -0.25) is 10.1 Å². The Hall–Kier alpha value is -0.940. The predicted octanol–water partition coefficient (Wildman–Crippen LogP) is 3.26. The fourth-order valence-corrected chi connectivity index (χ4v) is 3.90. The van der Waals surface area contributed by atoms with Crippen LogP contribution in [0.15, 0.2) is 16.7 Å². The van der Waals surface area contributed by atoms with E-state index in [1.807, 2.05) is 19.1 Å². The van der Waals surface area contributed by atoms with E-state index in [-0.39, 0.29) is 22.9 Å². The van der Waals surface area contributed by atoms with Crippen LogP contribution in [0.25, 0.3) is 0 Å². The maximum absolute atomic E-state index is 12.5. The lowest BCUT2D eigenvalue weighted by Crippen LogP contribution is -2.48. The van der Waals surface area contributed by atoms with Crippen LogP contribution in [-0.4, -0.2) is 22.5 Å². The number of rotatable bonds is 2. The van der Waals surface area contributed by atoms with Gasteiger partial charge in [-0.2, -0.15) is 0 Å². The molecule has 0 radical (unpaired) electrons. The third-order valence-corrected chi connectivity index (χ3v) is 5.46. The number of fused-ring (bicyclic) bond motifs is 1. The zero-order valence-electron chi connectivity index (χ0n) is 13.0. The normalized spacial score (nSPS) is 30.9. The van der Waals surface area contributed by atoms with Crippen LogP contribution in [0.2, 0.25) is 0 Å². The first-order valence-corrected chi connectivity index (χ1v) is 8.24. The van der Waals surface area contributed by atoms with Crippen molar-refractivity contribution in [3.63, 3.8) is 0 Å². The van der Waals surface area contributed by atoms with E-state index in [0.717, 1.165) is 16.6 Å². The molecular weight excluding hydrogens is 330 g/mol. The van der Waals surface area contributed by atoms with Gasteiger partial charge in [0.1, 0.15) is 10.4 Å². The molecule has 1 aliphatic heterocycles. The fraction of sp³-hybridized carbons (Fsp3) is 0.625. The van der Waals surface area contributed by atoms with Crippen LogP contribution >= 0.6 is 15.9 Å². The van der Waals surface area contributed by atoms with Crippen LogP contribution in [0.3, 0.4) is 0 Å². The van der Waals surface area contributed by atoms with Crippen molar-refractivity contribution in [1.82, 2.24) is 10.3 Å². The molecule has 0 unspecified atom stereocenters. The summed E-state index contributed by atoms with van der Waals surface area (Å²) in [7, 11) is 0. The van der Waals surface area contributed by atoms with Gasteiger partial charge in [0.2, 0.25) is 5.91 Å². The summed E-state index contributed by atoms with van der Waals surface area (Å²) in [5.74, 6) is 1.30. The van der Waals surface area contributed by atoms with Gasteiger partial charge in [-0.1, -0.05) is 26.8 Å². The first kappa shape index (κ1) is 15.0. The number of nitrogens with one attached hydrogen (secondary N) is 2. The Balaban J connectivity index is 1.70. The average Bonchev–Trinajstić information content (AvgIpc) is 2.96. The number of nitrogens with zero attached hydrogens (tertiary/aromatic N) is 1. The largest absolute Gasteiger partial charge is 0.309 e. The van der Waals surface area contributed by atoms with E-state index in [2.05, 4.69) is 52.3 Å². The molecule has 1 aliphatic carbocycles. The van der Waals surface area contributed by atoms with E-state index < -0.39 is 0 Å². The van der Waals surface area contributed by atoms with Crippen LogP contribution in [0.4, 0.5) is 5.82 Å². The number of aromatic nitrogens is 1. The Morgan fingerprint density at radius 3 is 2.81 bits per heavy atom. The predicted molar refractivity (Wildman–Crippen MR) is 87.1 cm³/mol. The smallest absolute Gasteiger partial charge is 0.242 e. The summed E-state index contributed by atoms with van der Waals surface area (Å²) >= 11 is 3.34. The zero-order valence-corrected chi connectivity index (χ0v) is 14.5. The number of anilines is 1. The molecule has 1 aromatic rings. The van der Waals surface area contributed by atoms with Crippen LogP contribution in [0, 0.1) is 18.3 Å². The third kappa shape index (κ3) is 2.50. The summed E-state index contributed by atoms with van der Waals surface area (Å²) < 4.78 is 0.733. The zero-order chi connectivity index (χ0) is 15.4. The Labute approximate surface area is 134 Å². The first-order chi connectivity index (χ1) is 9.73. The highest BCUT2D eigenvalue weighted by molar-refractivity contribution is 9.10. The van der Waals surface area contributed by atoms with E-state index in [1.165, 1.54) is 6.42 Å². The highest BCUT2D eigenvalue weighted by Gasteiger charge is 2.66. The maximum Gasteiger partial charge on any atom is 0.242 e. The van der Waals surface area contributed by atoms with Crippen LogP contribution in [0.5, 0.6) is 0 Å². The number of carbonyl (C=O) groups is 1. The van der Waals surface area contributed by atoms with Gasteiger partial charge in [0.15, 0.2) is 0 Å². The van der Waals surface area contributed by atoms with Gasteiger partial charge in [0.25, 0.3) is 0 Å². The number of piperidine rings is 1. The molecule has 1 saturated carbocycles. The Kier molecular flexibility index (Phi) is 3.41. The van der Waals surface area contributed by atoms with Gasteiger partial charge in [0.05, 0.1) is 6.04 Å². The Morgan fingerprint density at radius 1 is 1.48 bits per heavy atom. The van der Waals surface area contributed by atoms with Crippen LogP contribution in [0.1, 0.15) is 39.2 Å². The number of carbonyl (C=O) groups excluding carboxylic acids is 1. The summed E-state index contributed by atoms with van der Waals surface area (Å²) in [4.78, 5) is 16.8. The van der Waals surface area contributed by atoms with Crippen molar-refractivity contribution in [1.29, 1.82) is 0 Å². The molecule has 4 nitrogen and oxygen atoms in total. The molecule has 0 bridgehead atoms. The summed E-state index contributed by atoms with van der Waals surface area (Å²) in [6.07, 6.45) is 2.12. The van der Waals surface area contributed by atoms with Gasteiger partial charge >= 0.3 is 0 Å². The van der Waals surface area contributed by atoms with E-state index >= 15 is 0 Å². The second-order valence-electron chi connectivity index (χ2n) is 7.34. The van der Waals surface area contributed by atoms with Gasteiger partial charge in [-0.15, -0.1) is 0 Å². The molecule has 0 spiro atoms. The molecule has 1 amide bonds. The molecule has 21 heavy (non-hydrogen) atoms. The lowest BCUT2D eigenvalue weighted by molar-refractivity contribution is -0.118. The number of pyridine rings is 1. The minimum Gasteiger partial charge on any atom is -0.309 e. The minimum atomic E-state index is -0.108. The number of hydrogen-bond acceptors (Lipinski definition) is 3. The van der Waals surface area contributed by atoms with Crippen LogP contribution in [-0.2, 0) is 4.79 Å². The van der Waals surface area contributed by atoms with E-state index in [4.69, 9.17) is 0 Å². The summed E-state index contributed by atoms with van der Waals surface area (Å²) in [6.45, 7) is 8.70. The summed E-state index contributed by atoms with van der Waals surface area (Å²) in [6, 6.07) is 3.72. The van der Waals surface area contributed by atoms with E-state index in [9.17, 15) is 4.79 Å². The SMILES string of the molecule is Cc1ccc(Br)nc1NC(=O)[C@@H]1C[C@@H]2C[C@@]2(C(C)(C)C)N1. The van der Waals surface area contributed by atoms with Crippen molar-refractivity contribution in [3.05, 3.63) is 22.3 Å². The molecule has 2 N–H and O–H groups in total. The van der Waals surface area contributed by atoms with Crippen molar-refractivity contribution in [2.24, 2.45) is 11.3 Å². The number of hydrogen-bond donors (Lipinski definition) is 2. The van der Waals surface area contributed by atoms with Crippen molar-refractivity contribution in [2.45, 2.75) is 52.1 Å². The summed E-state index contributed by atoms with van der Waals surface area (Å²) in [5, 5.41) is 6.54. The van der Waals surface area contributed by atoms with Gasteiger partial charge in [-0.05, 0) is 58.7 Å². The molecule has 1 aromatic heterocycles. The minimum absolute atomic E-state index is 0.0273. The van der Waals surface area contributed by atoms with Crippen molar-refractivity contribution in [2.75, 3.05) is 5.32 Å². The Morgan fingerprint density at radius 2 is 2.19 bits per heavy atom. The first-order valence-electron chi connectivity index (χ1n) is 7.45. The van der Waals surface area contributed by atoms with Crippen LogP contribution < -0.4 is 10.6 Å². The number of halogens is 1. The molecule has 114 valence electrons. The summed E-state index contributed by atoms with van der Waals surface area (Å²) in [5.41, 5.74) is 1.31. The van der Waals surface area contributed by atoms with E-state index in [1.54, 1.807) is 0 Å². The van der Waals surface area contributed by atoms with Crippen molar-refractivity contribution < 1.29 is 4.79 Å². The lowest BCUT2D eigenvalue weighted by Gasteiger charge is -2.31. The average molecular weight is 352 g/mol. The molecule has 1 saturated heterocycles. The molecule has 2 heterocycles. The third-order valence-electron chi connectivity index (χ3n) is 5.02. The highest BCUT2D eigenvalue weighted by Crippen LogP contribution is 2.60. The number of aryl methyl sites for hydroxylation is 1. The molecule has 5 heteroatoms. The monoisotopic (exact) mass is 351 g/mol. The molecular formula is C16H22BrN3O. The van der Waals surface area contributed by atoms with Gasteiger partial charge in [0, 0.05) is 5.54 Å². The van der Waals surface area contributed by atoms with E-state index in [0.29, 0.717) is 11.7 Å².